The Balaban J connectivity index is 2.61. The summed E-state index contributed by atoms with van der Waals surface area (Å²) in [4.78, 5) is 25.1. The number of rotatable bonds is 6. The highest BCUT2D eigenvalue weighted by Gasteiger charge is 2.40. The van der Waals surface area contributed by atoms with Crippen molar-refractivity contribution >= 4 is 20.2 Å². The Morgan fingerprint density at radius 1 is 1.38 bits per heavy atom. The van der Waals surface area contributed by atoms with Gasteiger partial charge < -0.3 is 14.1 Å². The summed E-state index contributed by atoms with van der Waals surface area (Å²) in [6.07, 6.45) is 1.25. The van der Waals surface area contributed by atoms with Crippen molar-refractivity contribution in [2.45, 2.75) is 64.7 Å². The molecule has 1 aliphatic rings. The summed E-state index contributed by atoms with van der Waals surface area (Å²) in [5.41, 5.74) is 0. The van der Waals surface area contributed by atoms with Crippen molar-refractivity contribution in [2.75, 3.05) is 19.8 Å². The first-order valence-electron chi connectivity index (χ1n) is 7.67. The minimum Gasteiger partial charge on any atom is -0.465 e. The van der Waals surface area contributed by atoms with Crippen molar-refractivity contribution in [3.63, 3.8) is 0 Å². The summed E-state index contributed by atoms with van der Waals surface area (Å²) in [5.74, 6) is -0.322. The molecule has 0 N–H and O–H groups in total. The van der Waals surface area contributed by atoms with Crippen molar-refractivity contribution in [3.8, 4) is 0 Å². The van der Waals surface area contributed by atoms with Gasteiger partial charge in [-0.1, -0.05) is 20.8 Å². The molecular weight excluding hydrogens is 286 g/mol. The molecule has 0 aromatic rings. The zero-order chi connectivity index (χ0) is 16.3. The molecule has 1 atom stereocenters. The van der Waals surface area contributed by atoms with Crippen LogP contribution in [0.15, 0.2) is 0 Å². The van der Waals surface area contributed by atoms with Crippen LogP contribution >= 0.6 is 0 Å². The second-order valence-electron chi connectivity index (χ2n) is 7.09. The van der Waals surface area contributed by atoms with Gasteiger partial charge >= 0.3 is 5.97 Å². The van der Waals surface area contributed by atoms with Crippen LogP contribution in [0.4, 0.5) is 0 Å². The smallest absolute Gasteiger partial charge is 0.325 e. The van der Waals surface area contributed by atoms with Crippen LogP contribution in [0, 0.1) is 0 Å². The SMILES string of the molecule is CCOC(=O)CN1C(=O)CCC1CO[Si](C)(C)C(C)(C)C. The van der Waals surface area contributed by atoms with Crippen LogP contribution in [-0.2, 0) is 18.8 Å². The fraction of sp³-hybridized carbons (Fsp3) is 0.867. The molecule has 21 heavy (non-hydrogen) atoms. The average Bonchev–Trinajstić information content (AvgIpc) is 2.67. The third-order valence-electron chi connectivity index (χ3n) is 4.50. The zero-order valence-corrected chi connectivity index (χ0v) is 15.2. The molecule has 1 heterocycles. The van der Waals surface area contributed by atoms with E-state index in [1.807, 2.05) is 0 Å². The lowest BCUT2D eigenvalue weighted by Crippen LogP contribution is -2.46. The summed E-state index contributed by atoms with van der Waals surface area (Å²) in [6, 6.07) is -0.00367. The molecule has 0 saturated carbocycles. The summed E-state index contributed by atoms with van der Waals surface area (Å²) in [7, 11) is -1.83. The molecule has 122 valence electrons. The summed E-state index contributed by atoms with van der Waals surface area (Å²) in [6.45, 7) is 13.6. The van der Waals surface area contributed by atoms with E-state index in [0.717, 1.165) is 6.42 Å². The molecule has 5 nitrogen and oxygen atoms in total. The fourth-order valence-corrected chi connectivity index (χ4v) is 3.09. The van der Waals surface area contributed by atoms with Gasteiger partial charge in [-0.2, -0.15) is 0 Å². The molecule has 1 rings (SSSR count). The maximum absolute atomic E-state index is 11.9. The van der Waals surface area contributed by atoms with E-state index in [4.69, 9.17) is 9.16 Å². The van der Waals surface area contributed by atoms with Gasteiger partial charge in [0.1, 0.15) is 6.54 Å². The molecule has 0 bridgehead atoms. The Labute approximate surface area is 129 Å². The van der Waals surface area contributed by atoms with E-state index < -0.39 is 8.32 Å². The van der Waals surface area contributed by atoms with Crippen LogP contribution in [0.2, 0.25) is 18.1 Å². The lowest BCUT2D eigenvalue weighted by molar-refractivity contribution is -0.148. The number of hydrogen-bond donors (Lipinski definition) is 0. The number of ether oxygens (including phenoxy) is 1. The van der Waals surface area contributed by atoms with Gasteiger partial charge in [-0.25, -0.2) is 0 Å². The molecule has 1 unspecified atom stereocenters. The first-order valence-corrected chi connectivity index (χ1v) is 10.6. The summed E-state index contributed by atoms with van der Waals surface area (Å²) in [5, 5.41) is 0.140. The largest absolute Gasteiger partial charge is 0.465 e. The van der Waals surface area contributed by atoms with E-state index in [-0.39, 0.29) is 29.5 Å². The normalized spacial score (nSPS) is 20.0. The highest BCUT2D eigenvalue weighted by atomic mass is 28.4. The minimum absolute atomic E-state index is 0.00367. The maximum Gasteiger partial charge on any atom is 0.325 e. The number of esters is 1. The van der Waals surface area contributed by atoms with E-state index in [2.05, 4.69) is 33.9 Å². The number of hydrogen-bond acceptors (Lipinski definition) is 4. The quantitative estimate of drug-likeness (QED) is 0.558. The second kappa shape index (κ2) is 6.92. The highest BCUT2D eigenvalue weighted by Crippen LogP contribution is 2.37. The Bertz CT molecular complexity index is 390. The topological polar surface area (TPSA) is 55.8 Å². The molecule has 0 aromatic carbocycles. The fourth-order valence-electron chi connectivity index (χ4n) is 2.05. The van der Waals surface area contributed by atoms with Crippen molar-refractivity contribution in [1.29, 1.82) is 0 Å². The van der Waals surface area contributed by atoms with E-state index >= 15 is 0 Å². The van der Waals surface area contributed by atoms with Crippen LogP contribution in [0.25, 0.3) is 0 Å². The summed E-state index contributed by atoms with van der Waals surface area (Å²) >= 11 is 0. The van der Waals surface area contributed by atoms with Crippen LogP contribution in [0.3, 0.4) is 0 Å². The van der Waals surface area contributed by atoms with Gasteiger partial charge in [0.15, 0.2) is 8.32 Å². The molecule has 6 heteroatoms. The Kier molecular flexibility index (Phi) is 5.98. The van der Waals surface area contributed by atoms with Crippen LogP contribution in [0.1, 0.15) is 40.5 Å². The molecule has 0 aromatic heterocycles. The van der Waals surface area contributed by atoms with Crippen molar-refractivity contribution < 1.29 is 18.8 Å². The van der Waals surface area contributed by atoms with Gasteiger partial charge in [0, 0.05) is 6.42 Å². The first kappa shape index (κ1) is 18.2. The molecule has 0 spiro atoms. The molecule has 1 aliphatic heterocycles. The molecule has 1 amide bonds. The van der Waals surface area contributed by atoms with Crippen LogP contribution in [0.5, 0.6) is 0 Å². The zero-order valence-electron chi connectivity index (χ0n) is 14.2. The van der Waals surface area contributed by atoms with Gasteiger partial charge in [-0.3, -0.25) is 9.59 Å². The first-order chi connectivity index (χ1) is 9.58. The second-order valence-corrected chi connectivity index (χ2v) is 11.9. The van der Waals surface area contributed by atoms with Gasteiger partial charge in [0.05, 0.1) is 19.3 Å². The third-order valence-corrected chi connectivity index (χ3v) is 9.00. The number of amides is 1. The monoisotopic (exact) mass is 315 g/mol. The van der Waals surface area contributed by atoms with E-state index in [9.17, 15) is 9.59 Å². The van der Waals surface area contributed by atoms with Gasteiger partial charge in [0.25, 0.3) is 0 Å². The number of carbonyl (C=O) groups excluding carboxylic acids is 2. The average molecular weight is 315 g/mol. The predicted molar refractivity (Wildman–Crippen MR) is 84.5 cm³/mol. The van der Waals surface area contributed by atoms with Crippen molar-refractivity contribution in [1.82, 2.24) is 4.90 Å². The van der Waals surface area contributed by atoms with Gasteiger partial charge in [-0.05, 0) is 31.5 Å². The highest BCUT2D eigenvalue weighted by molar-refractivity contribution is 6.74. The number of nitrogens with zero attached hydrogens (tertiary/aromatic N) is 1. The lowest BCUT2D eigenvalue weighted by atomic mass is 10.2. The Morgan fingerprint density at radius 3 is 2.52 bits per heavy atom. The van der Waals surface area contributed by atoms with Crippen LogP contribution in [-0.4, -0.2) is 50.9 Å². The predicted octanol–water partition coefficient (Wildman–Crippen LogP) is 2.56. The molecule has 0 aliphatic carbocycles. The van der Waals surface area contributed by atoms with E-state index in [1.54, 1.807) is 11.8 Å². The van der Waals surface area contributed by atoms with E-state index in [1.165, 1.54) is 0 Å². The molecule has 1 fully saturated rings. The van der Waals surface area contributed by atoms with Gasteiger partial charge in [-0.15, -0.1) is 0 Å². The van der Waals surface area contributed by atoms with Crippen molar-refractivity contribution in [3.05, 3.63) is 0 Å². The third kappa shape index (κ3) is 4.81. The van der Waals surface area contributed by atoms with Crippen molar-refractivity contribution in [2.24, 2.45) is 0 Å². The van der Waals surface area contributed by atoms with E-state index in [0.29, 0.717) is 19.6 Å². The molecule has 0 radical (unpaired) electrons. The lowest BCUT2D eigenvalue weighted by Gasteiger charge is -2.37. The number of carbonyl (C=O) groups is 2. The molecule has 1 saturated heterocycles. The molecular formula is C15H29NO4Si. The minimum atomic E-state index is -1.83. The Hall–Kier alpha value is -0.883. The van der Waals surface area contributed by atoms with Crippen LogP contribution < -0.4 is 0 Å². The summed E-state index contributed by atoms with van der Waals surface area (Å²) < 4.78 is 11.1. The maximum atomic E-state index is 11.9. The standard InChI is InChI=1S/C15H29NO4Si/c1-7-19-14(18)10-16-12(8-9-13(16)17)11-20-21(5,6)15(2,3)4/h12H,7-11H2,1-6H3. The number of likely N-dealkylation sites (tertiary alicyclic amines) is 1. The van der Waals surface area contributed by atoms with Gasteiger partial charge in [0.2, 0.25) is 5.91 Å². The Morgan fingerprint density at radius 2 is 2.00 bits per heavy atom.